The predicted octanol–water partition coefficient (Wildman–Crippen LogP) is 2.92. The molecule has 1 atom stereocenters. The first kappa shape index (κ1) is 13.7. The highest BCUT2D eigenvalue weighted by atomic mass is 16.5. The van der Waals surface area contributed by atoms with Crippen molar-refractivity contribution in [1.29, 1.82) is 0 Å². The molecule has 17 heavy (non-hydrogen) atoms. The molecular weight excluding hydrogens is 216 g/mol. The lowest BCUT2D eigenvalue weighted by atomic mass is 9.96. The zero-order valence-corrected chi connectivity index (χ0v) is 10.4. The molecule has 0 spiro atoms. The van der Waals surface area contributed by atoms with Crippen molar-refractivity contribution < 1.29 is 14.6 Å². The number of aliphatic carboxylic acids is 1. The molecule has 94 valence electrons. The van der Waals surface area contributed by atoms with Crippen molar-refractivity contribution in [3.05, 3.63) is 35.9 Å². The molecule has 0 aliphatic carbocycles. The molecule has 3 nitrogen and oxygen atoms in total. The second-order valence-electron chi connectivity index (χ2n) is 4.56. The molecule has 0 saturated carbocycles. The normalized spacial score (nSPS) is 12.6. The van der Waals surface area contributed by atoms with Crippen LogP contribution in [0.1, 0.15) is 31.7 Å². The number of rotatable bonds is 7. The van der Waals surface area contributed by atoms with Crippen molar-refractivity contribution in [3.63, 3.8) is 0 Å². The Kier molecular flexibility index (Phi) is 5.70. The number of hydrogen-bond donors (Lipinski definition) is 1. The summed E-state index contributed by atoms with van der Waals surface area (Å²) in [4.78, 5) is 11.2. The van der Waals surface area contributed by atoms with Gasteiger partial charge in [-0.1, -0.05) is 44.2 Å². The third-order valence-corrected chi connectivity index (χ3v) is 2.50. The van der Waals surface area contributed by atoms with Gasteiger partial charge in [-0.05, 0) is 17.9 Å². The van der Waals surface area contributed by atoms with Crippen molar-refractivity contribution in [2.24, 2.45) is 5.92 Å². The van der Waals surface area contributed by atoms with Crippen molar-refractivity contribution in [2.45, 2.75) is 26.2 Å². The van der Waals surface area contributed by atoms with Crippen LogP contribution >= 0.6 is 0 Å². The van der Waals surface area contributed by atoms with E-state index in [-0.39, 0.29) is 0 Å². The Morgan fingerprint density at radius 2 is 1.94 bits per heavy atom. The first-order chi connectivity index (χ1) is 8.11. The van der Waals surface area contributed by atoms with Gasteiger partial charge in [0.2, 0.25) is 0 Å². The van der Waals surface area contributed by atoms with Crippen LogP contribution in [-0.2, 0) is 9.53 Å². The molecule has 0 aliphatic rings. The smallest absolute Gasteiger partial charge is 0.311 e. The Labute approximate surface area is 102 Å². The average Bonchev–Trinajstić information content (AvgIpc) is 2.29. The minimum absolute atomic E-state index is 0.469. The van der Waals surface area contributed by atoms with Gasteiger partial charge in [0.15, 0.2) is 0 Å². The Bertz CT molecular complexity index is 333. The summed E-state index contributed by atoms with van der Waals surface area (Å²) in [5.41, 5.74) is 0.841. The number of hydrogen-bond acceptors (Lipinski definition) is 2. The van der Waals surface area contributed by atoms with Crippen LogP contribution in [0.4, 0.5) is 0 Å². The van der Waals surface area contributed by atoms with Gasteiger partial charge in [-0.2, -0.15) is 0 Å². The van der Waals surface area contributed by atoms with Crippen LogP contribution in [-0.4, -0.2) is 24.3 Å². The largest absolute Gasteiger partial charge is 0.481 e. The van der Waals surface area contributed by atoms with E-state index in [0.29, 0.717) is 25.6 Å². The molecule has 1 N–H and O–H groups in total. The number of carboxylic acid groups (broad SMARTS) is 1. The summed E-state index contributed by atoms with van der Waals surface area (Å²) in [7, 11) is 0. The van der Waals surface area contributed by atoms with Crippen LogP contribution in [0.15, 0.2) is 30.3 Å². The third kappa shape index (κ3) is 5.00. The molecule has 1 unspecified atom stereocenters. The van der Waals surface area contributed by atoms with Gasteiger partial charge in [0.25, 0.3) is 0 Å². The zero-order chi connectivity index (χ0) is 12.7. The SMILES string of the molecule is CC(C)COCCC(C(=O)O)c1ccccc1. The molecule has 3 heteroatoms. The van der Waals surface area contributed by atoms with Gasteiger partial charge in [-0.25, -0.2) is 0 Å². The van der Waals surface area contributed by atoms with E-state index in [0.717, 1.165) is 5.56 Å². The van der Waals surface area contributed by atoms with Gasteiger partial charge in [0.05, 0.1) is 5.92 Å². The molecule has 0 bridgehead atoms. The zero-order valence-electron chi connectivity index (χ0n) is 10.4. The van der Waals surface area contributed by atoms with E-state index >= 15 is 0 Å². The van der Waals surface area contributed by atoms with E-state index in [4.69, 9.17) is 4.74 Å². The first-order valence-corrected chi connectivity index (χ1v) is 5.96. The lowest BCUT2D eigenvalue weighted by molar-refractivity contribution is -0.139. The minimum atomic E-state index is -0.788. The van der Waals surface area contributed by atoms with Crippen molar-refractivity contribution in [2.75, 3.05) is 13.2 Å². The van der Waals surface area contributed by atoms with Gasteiger partial charge in [-0.15, -0.1) is 0 Å². The van der Waals surface area contributed by atoms with Gasteiger partial charge in [-0.3, -0.25) is 4.79 Å². The van der Waals surface area contributed by atoms with Gasteiger partial charge < -0.3 is 9.84 Å². The highest BCUT2D eigenvalue weighted by Crippen LogP contribution is 2.19. The van der Waals surface area contributed by atoms with E-state index < -0.39 is 11.9 Å². The van der Waals surface area contributed by atoms with E-state index in [1.54, 1.807) is 0 Å². The summed E-state index contributed by atoms with van der Waals surface area (Å²) in [6.07, 6.45) is 0.520. The number of carboxylic acids is 1. The maximum Gasteiger partial charge on any atom is 0.311 e. The fourth-order valence-electron chi connectivity index (χ4n) is 1.64. The summed E-state index contributed by atoms with van der Waals surface area (Å²) in [5.74, 6) is -0.775. The van der Waals surface area contributed by atoms with Crippen LogP contribution < -0.4 is 0 Å². The van der Waals surface area contributed by atoms with E-state index in [1.165, 1.54) is 0 Å². The maximum atomic E-state index is 11.2. The Morgan fingerprint density at radius 3 is 2.47 bits per heavy atom. The maximum absolute atomic E-state index is 11.2. The van der Waals surface area contributed by atoms with Crippen molar-refractivity contribution >= 4 is 5.97 Å². The minimum Gasteiger partial charge on any atom is -0.481 e. The number of ether oxygens (including phenoxy) is 1. The second kappa shape index (κ2) is 7.07. The van der Waals surface area contributed by atoms with Crippen LogP contribution in [0.3, 0.4) is 0 Å². The standard InChI is InChI=1S/C14H20O3/c1-11(2)10-17-9-8-13(14(15)16)12-6-4-3-5-7-12/h3-7,11,13H,8-10H2,1-2H3,(H,15,16). The fraction of sp³-hybridized carbons (Fsp3) is 0.500. The lowest BCUT2D eigenvalue weighted by Gasteiger charge is -2.13. The summed E-state index contributed by atoms with van der Waals surface area (Å²) >= 11 is 0. The molecule has 1 rings (SSSR count). The molecule has 1 aromatic rings. The molecular formula is C14H20O3. The second-order valence-corrected chi connectivity index (χ2v) is 4.56. The highest BCUT2D eigenvalue weighted by molar-refractivity contribution is 5.75. The monoisotopic (exact) mass is 236 g/mol. The Hall–Kier alpha value is -1.35. The van der Waals surface area contributed by atoms with Crippen LogP contribution in [0, 0.1) is 5.92 Å². The van der Waals surface area contributed by atoms with Crippen LogP contribution in [0.2, 0.25) is 0 Å². The average molecular weight is 236 g/mol. The molecule has 0 saturated heterocycles. The molecule has 0 amide bonds. The quantitative estimate of drug-likeness (QED) is 0.740. The molecule has 0 aliphatic heterocycles. The Morgan fingerprint density at radius 1 is 1.29 bits per heavy atom. The van der Waals surface area contributed by atoms with Gasteiger partial charge >= 0.3 is 5.97 Å². The van der Waals surface area contributed by atoms with Gasteiger partial charge in [0.1, 0.15) is 0 Å². The molecule has 0 heterocycles. The molecule has 0 fully saturated rings. The summed E-state index contributed by atoms with van der Waals surface area (Å²) in [6.45, 7) is 5.32. The summed E-state index contributed by atoms with van der Waals surface area (Å²) < 4.78 is 5.43. The topological polar surface area (TPSA) is 46.5 Å². The number of carbonyl (C=O) groups is 1. The van der Waals surface area contributed by atoms with Crippen LogP contribution in [0.25, 0.3) is 0 Å². The number of benzene rings is 1. The van der Waals surface area contributed by atoms with E-state index in [9.17, 15) is 9.90 Å². The first-order valence-electron chi connectivity index (χ1n) is 5.96. The summed E-state index contributed by atoms with van der Waals surface area (Å²) in [5, 5.41) is 9.18. The summed E-state index contributed by atoms with van der Waals surface area (Å²) in [6, 6.07) is 9.31. The molecule has 0 aromatic heterocycles. The Balaban J connectivity index is 2.48. The molecule has 0 radical (unpaired) electrons. The van der Waals surface area contributed by atoms with E-state index in [1.807, 2.05) is 30.3 Å². The predicted molar refractivity (Wildman–Crippen MR) is 67.1 cm³/mol. The molecule has 1 aromatic carbocycles. The lowest BCUT2D eigenvalue weighted by Crippen LogP contribution is -2.15. The van der Waals surface area contributed by atoms with E-state index in [2.05, 4.69) is 13.8 Å². The van der Waals surface area contributed by atoms with Gasteiger partial charge in [0, 0.05) is 13.2 Å². The van der Waals surface area contributed by atoms with Crippen molar-refractivity contribution in [3.8, 4) is 0 Å². The van der Waals surface area contributed by atoms with Crippen molar-refractivity contribution in [1.82, 2.24) is 0 Å². The highest BCUT2D eigenvalue weighted by Gasteiger charge is 2.19. The fourth-order valence-corrected chi connectivity index (χ4v) is 1.64. The van der Waals surface area contributed by atoms with Crippen LogP contribution in [0.5, 0.6) is 0 Å². The third-order valence-electron chi connectivity index (χ3n) is 2.50.